The summed E-state index contributed by atoms with van der Waals surface area (Å²) in [6.07, 6.45) is 0. The standard InChI is InChI=1S/C8H13NO3/c1-5(6(10)7(11)12)9-8(2,3)4/h1-4H3,(H,11,12). The quantitative estimate of drug-likeness (QED) is 0.495. The molecular formula is C8H13NO3. The van der Waals surface area contributed by atoms with E-state index in [4.69, 9.17) is 5.11 Å². The average molecular weight is 171 g/mol. The number of aliphatic carboxylic acids is 1. The largest absolute Gasteiger partial charge is 0.475 e. The minimum atomic E-state index is -1.46. The zero-order valence-corrected chi connectivity index (χ0v) is 7.71. The topological polar surface area (TPSA) is 66.7 Å². The van der Waals surface area contributed by atoms with Crippen molar-refractivity contribution < 1.29 is 14.7 Å². The van der Waals surface area contributed by atoms with E-state index in [1.54, 1.807) is 20.8 Å². The van der Waals surface area contributed by atoms with E-state index in [0.29, 0.717) is 0 Å². The smallest absolute Gasteiger partial charge is 0.378 e. The number of carbonyl (C=O) groups is 2. The summed E-state index contributed by atoms with van der Waals surface area (Å²) >= 11 is 0. The summed E-state index contributed by atoms with van der Waals surface area (Å²) < 4.78 is 0. The lowest BCUT2D eigenvalue weighted by Crippen LogP contribution is -2.24. The van der Waals surface area contributed by atoms with Gasteiger partial charge in [0.15, 0.2) is 0 Å². The summed E-state index contributed by atoms with van der Waals surface area (Å²) in [5, 5.41) is 8.32. The van der Waals surface area contributed by atoms with Crippen LogP contribution in [0.25, 0.3) is 0 Å². The van der Waals surface area contributed by atoms with Crippen LogP contribution in [-0.4, -0.2) is 28.1 Å². The number of carboxylic acid groups (broad SMARTS) is 1. The number of ketones is 1. The Balaban J connectivity index is 4.61. The van der Waals surface area contributed by atoms with Crippen molar-refractivity contribution in [2.75, 3.05) is 0 Å². The summed E-state index contributed by atoms with van der Waals surface area (Å²) in [6.45, 7) is 6.80. The van der Waals surface area contributed by atoms with Crippen molar-refractivity contribution in [3.63, 3.8) is 0 Å². The molecule has 0 aromatic rings. The highest BCUT2D eigenvalue weighted by Gasteiger charge is 2.17. The summed E-state index contributed by atoms with van der Waals surface area (Å²) in [5.74, 6) is -2.40. The number of carbonyl (C=O) groups excluding carboxylic acids is 1. The number of Topliss-reactive ketones (excluding diaryl/α,β-unsaturated/α-hetero) is 1. The van der Waals surface area contributed by atoms with E-state index in [1.807, 2.05) is 0 Å². The third kappa shape index (κ3) is 3.85. The first-order valence-corrected chi connectivity index (χ1v) is 3.58. The van der Waals surface area contributed by atoms with E-state index >= 15 is 0 Å². The van der Waals surface area contributed by atoms with E-state index < -0.39 is 17.3 Å². The highest BCUT2D eigenvalue weighted by molar-refractivity contribution is 6.62. The van der Waals surface area contributed by atoms with Gasteiger partial charge in [0, 0.05) is 0 Å². The van der Waals surface area contributed by atoms with Crippen molar-refractivity contribution in [2.45, 2.75) is 33.2 Å². The van der Waals surface area contributed by atoms with Crippen LogP contribution in [0.5, 0.6) is 0 Å². The molecule has 0 aromatic heterocycles. The Morgan fingerprint density at radius 1 is 1.25 bits per heavy atom. The van der Waals surface area contributed by atoms with Crippen LogP contribution in [-0.2, 0) is 9.59 Å². The Labute approximate surface area is 71.3 Å². The second-order valence-electron chi connectivity index (χ2n) is 3.50. The molecule has 0 radical (unpaired) electrons. The molecule has 12 heavy (non-hydrogen) atoms. The predicted octanol–water partition coefficient (Wildman–Crippen LogP) is 0.899. The summed E-state index contributed by atoms with van der Waals surface area (Å²) in [4.78, 5) is 24.9. The van der Waals surface area contributed by atoms with E-state index in [1.165, 1.54) is 6.92 Å². The van der Waals surface area contributed by atoms with Gasteiger partial charge in [0.1, 0.15) is 0 Å². The number of aliphatic imine (C=N–C) groups is 1. The van der Waals surface area contributed by atoms with Gasteiger partial charge in [0.25, 0.3) is 5.78 Å². The van der Waals surface area contributed by atoms with Gasteiger partial charge in [-0.15, -0.1) is 0 Å². The minimum absolute atomic E-state index is 0.0370. The Kier molecular flexibility index (Phi) is 3.13. The molecular weight excluding hydrogens is 158 g/mol. The molecule has 0 aliphatic carbocycles. The van der Waals surface area contributed by atoms with E-state index in [2.05, 4.69) is 4.99 Å². The number of rotatable bonds is 2. The molecule has 0 aromatic carbocycles. The second-order valence-corrected chi connectivity index (χ2v) is 3.50. The van der Waals surface area contributed by atoms with Crippen LogP contribution in [0.15, 0.2) is 4.99 Å². The Hall–Kier alpha value is -1.19. The summed E-state index contributed by atoms with van der Waals surface area (Å²) in [7, 11) is 0. The average Bonchev–Trinajstić information content (AvgIpc) is 1.82. The lowest BCUT2D eigenvalue weighted by Gasteiger charge is -2.12. The van der Waals surface area contributed by atoms with E-state index in [-0.39, 0.29) is 5.71 Å². The minimum Gasteiger partial charge on any atom is -0.475 e. The van der Waals surface area contributed by atoms with Gasteiger partial charge in [0.2, 0.25) is 0 Å². The molecule has 1 N–H and O–H groups in total. The zero-order chi connectivity index (χ0) is 9.94. The third-order valence-electron chi connectivity index (χ3n) is 1.03. The Morgan fingerprint density at radius 2 is 1.67 bits per heavy atom. The molecule has 4 nitrogen and oxygen atoms in total. The van der Waals surface area contributed by atoms with Crippen molar-refractivity contribution in [1.82, 2.24) is 0 Å². The van der Waals surface area contributed by atoms with Crippen LogP contribution in [0, 0.1) is 0 Å². The molecule has 0 aliphatic heterocycles. The fourth-order valence-corrected chi connectivity index (χ4v) is 0.709. The molecule has 4 heteroatoms. The summed E-state index contributed by atoms with van der Waals surface area (Å²) in [6, 6.07) is 0. The maximum atomic E-state index is 10.8. The van der Waals surface area contributed by atoms with Gasteiger partial charge >= 0.3 is 5.97 Å². The van der Waals surface area contributed by atoms with Gasteiger partial charge < -0.3 is 5.11 Å². The van der Waals surface area contributed by atoms with Crippen molar-refractivity contribution in [3.8, 4) is 0 Å². The SMILES string of the molecule is CC(=NC(C)(C)C)C(=O)C(=O)O. The van der Waals surface area contributed by atoms with Crippen LogP contribution in [0.4, 0.5) is 0 Å². The lowest BCUT2D eigenvalue weighted by atomic mass is 10.1. The first-order chi connectivity index (χ1) is 5.24. The summed E-state index contributed by atoms with van der Waals surface area (Å²) in [5.41, 5.74) is -0.371. The van der Waals surface area contributed by atoms with Gasteiger partial charge in [-0.25, -0.2) is 4.79 Å². The van der Waals surface area contributed by atoms with Gasteiger partial charge in [0.05, 0.1) is 11.3 Å². The number of carboxylic acids is 1. The molecule has 0 saturated carbocycles. The highest BCUT2D eigenvalue weighted by Crippen LogP contribution is 2.06. The van der Waals surface area contributed by atoms with Crippen molar-refractivity contribution in [3.05, 3.63) is 0 Å². The van der Waals surface area contributed by atoms with Crippen molar-refractivity contribution >= 4 is 17.5 Å². The normalized spacial score (nSPS) is 12.8. The van der Waals surface area contributed by atoms with Crippen molar-refractivity contribution in [2.24, 2.45) is 4.99 Å². The first-order valence-electron chi connectivity index (χ1n) is 3.58. The Morgan fingerprint density at radius 3 is 1.92 bits per heavy atom. The molecule has 0 bridgehead atoms. The van der Waals surface area contributed by atoms with E-state index in [9.17, 15) is 9.59 Å². The van der Waals surface area contributed by atoms with Crippen molar-refractivity contribution in [1.29, 1.82) is 0 Å². The highest BCUT2D eigenvalue weighted by atomic mass is 16.4. The first kappa shape index (κ1) is 10.8. The van der Waals surface area contributed by atoms with Crippen LogP contribution in [0.1, 0.15) is 27.7 Å². The van der Waals surface area contributed by atoms with Crippen LogP contribution in [0.2, 0.25) is 0 Å². The van der Waals surface area contributed by atoms with Gasteiger partial charge in [-0.2, -0.15) is 0 Å². The van der Waals surface area contributed by atoms with Gasteiger partial charge in [-0.3, -0.25) is 9.79 Å². The fraction of sp³-hybridized carbons (Fsp3) is 0.625. The lowest BCUT2D eigenvalue weighted by molar-refractivity contribution is -0.145. The van der Waals surface area contributed by atoms with Gasteiger partial charge in [-0.1, -0.05) is 0 Å². The predicted molar refractivity (Wildman–Crippen MR) is 45.5 cm³/mol. The number of nitrogens with zero attached hydrogens (tertiary/aromatic N) is 1. The molecule has 0 rings (SSSR count). The maximum absolute atomic E-state index is 10.8. The van der Waals surface area contributed by atoms with Crippen LogP contribution >= 0.6 is 0 Å². The number of hydrogen-bond donors (Lipinski definition) is 1. The molecule has 0 aliphatic rings. The number of hydrogen-bond acceptors (Lipinski definition) is 3. The molecule has 0 heterocycles. The molecule has 0 saturated heterocycles. The zero-order valence-electron chi connectivity index (χ0n) is 7.71. The molecule has 0 fully saturated rings. The fourth-order valence-electron chi connectivity index (χ4n) is 0.709. The molecule has 0 atom stereocenters. The molecule has 0 amide bonds. The monoisotopic (exact) mass is 171 g/mol. The van der Waals surface area contributed by atoms with Crippen LogP contribution in [0.3, 0.4) is 0 Å². The van der Waals surface area contributed by atoms with E-state index in [0.717, 1.165) is 0 Å². The van der Waals surface area contributed by atoms with Gasteiger partial charge in [-0.05, 0) is 27.7 Å². The molecule has 68 valence electrons. The Bertz CT molecular complexity index is 235. The maximum Gasteiger partial charge on any atom is 0.378 e. The third-order valence-corrected chi connectivity index (χ3v) is 1.03. The molecule has 0 spiro atoms. The second kappa shape index (κ2) is 3.47. The van der Waals surface area contributed by atoms with Crippen LogP contribution < -0.4 is 0 Å². The molecule has 0 unspecified atom stereocenters.